The molecule has 1 aliphatic heterocycles. The highest BCUT2D eigenvalue weighted by molar-refractivity contribution is 6.00. The van der Waals surface area contributed by atoms with Crippen molar-refractivity contribution in [2.75, 3.05) is 14.2 Å². The summed E-state index contributed by atoms with van der Waals surface area (Å²) < 4.78 is 10.5. The van der Waals surface area contributed by atoms with Gasteiger partial charge in [0, 0.05) is 17.5 Å². The van der Waals surface area contributed by atoms with E-state index in [1.807, 2.05) is 43.3 Å². The monoisotopic (exact) mass is 445 g/mol. The quantitative estimate of drug-likeness (QED) is 0.525. The second-order valence-corrected chi connectivity index (χ2v) is 8.29. The third kappa shape index (κ3) is 4.47. The third-order valence-corrected chi connectivity index (χ3v) is 6.34. The number of benzene rings is 3. The van der Waals surface area contributed by atoms with Gasteiger partial charge in [0.15, 0.2) is 5.78 Å². The van der Waals surface area contributed by atoms with Crippen LogP contribution in [0, 0.1) is 12.8 Å². The van der Waals surface area contributed by atoms with Gasteiger partial charge in [0.05, 0.1) is 20.1 Å². The van der Waals surface area contributed by atoms with E-state index in [4.69, 9.17) is 9.47 Å². The second-order valence-electron chi connectivity index (χ2n) is 8.29. The van der Waals surface area contributed by atoms with Gasteiger partial charge in [-0.1, -0.05) is 42.0 Å². The van der Waals surface area contributed by atoms with Gasteiger partial charge >= 0.3 is 5.97 Å². The van der Waals surface area contributed by atoms with E-state index in [2.05, 4.69) is 5.32 Å². The van der Waals surface area contributed by atoms with Crippen LogP contribution in [0.4, 0.5) is 0 Å². The maximum Gasteiger partial charge on any atom is 0.321 e. The molecule has 1 aliphatic rings. The van der Waals surface area contributed by atoms with Gasteiger partial charge in [-0.2, -0.15) is 0 Å². The zero-order valence-electron chi connectivity index (χ0n) is 18.8. The van der Waals surface area contributed by atoms with Crippen molar-refractivity contribution in [1.82, 2.24) is 5.32 Å². The van der Waals surface area contributed by atoms with Crippen LogP contribution in [0.15, 0.2) is 72.8 Å². The molecule has 6 nitrogen and oxygen atoms in total. The van der Waals surface area contributed by atoms with Crippen molar-refractivity contribution in [3.05, 3.63) is 95.1 Å². The fourth-order valence-corrected chi connectivity index (χ4v) is 4.61. The fourth-order valence-electron chi connectivity index (χ4n) is 4.61. The molecule has 0 saturated carbocycles. The summed E-state index contributed by atoms with van der Waals surface area (Å²) in [6.07, 6.45) is 0. The van der Waals surface area contributed by atoms with Crippen molar-refractivity contribution in [2.24, 2.45) is 5.92 Å². The van der Waals surface area contributed by atoms with E-state index in [1.54, 1.807) is 50.6 Å². The van der Waals surface area contributed by atoms with Crippen LogP contribution < -0.4 is 14.8 Å². The average molecular weight is 446 g/mol. The number of nitrogens with one attached hydrogen (secondary N) is 1. The number of carbonyl (C=O) groups is 2. The number of ether oxygens (including phenoxy) is 2. The molecular weight excluding hydrogens is 418 g/mol. The van der Waals surface area contributed by atoms with Crippen LogP contribution in [-0.4, -0.2) is 37.1 Å². The van der Waals surface area contributed by atoms with Crippen LogP contribution in [0.25, 0.3) is 0 Å². The molecule has 1 fully saturated rings. The molecule has 3 aromatic carbocycles. The van der Waals surface area contributed by atoms with E-state index in [-0.39, 0.29) is 5.78 Å². The molecule has 0 spiro atoms. The minimum absolute atomic E-state index is 0.111. The lowest BCUT2D eigenvalue weighted by Crippen LogP contribution is -2.35. The largest absolute Gasteiger partial charge is 0.497 e. The topological polar surface area (TPSA) is 84.9 Å². The minimum Gasteiger partial charge on any atom is -0.497 e. The van der Waals surface area contributed by atoms with Gasteiger partial charge in [0.2, 0.25) is 0 Å². The number of methoxy groups -OCH3 is 2. The third-order valence-electron chi connectivity index (χ3n) is 6.34. The number of Topliss-reactive ketones (excluding diaryl/α,β-unsaturated/α-hetero) is 1. The van der Waals surface area contributed by atoms with Crippen LogP contribution in [0.3, 0.4) is 0 Å². The molecule has 0 bridgehead atoms. The Morgan fingerprint density at radius 2 is 1.30 bits per heavy atom. The Kier molecular flexibility index (Phi) is 6.47. The number of rotatable bonds is 7. The molecule has 1 heterocycles. The van der Waals surface area contributed by atoms with Crippen molar-refractivity contribution in [3.63, 3.8) is 0 Å². The first-order valence-electron chi connectivity index (χ1n) is 10.8. The predicted molar refractivity (Wildman–Crippen MR) is 125 cm³/mol. The number of aryl methyl sites for hydroxylation is 1. The highest BCUT2D eigenvalue weighted by Gasteiger charge is 2.50. The van der Waals surface area contributed by atoms with Gasteiger partial charge in [0.1, 0.15) is 17.5 Å². The van der Waals surface area contributed by atoms with Gasteiger partial charge in [-0.05, 0) is 54.4 Å². The molecule has 4 rings (SSSR count). The molecular formula is C27H27NO5. The normalized spacial score (nSPS) is 22.0. The molecule has 4 atom stereocenters. The molecule has 6 heteroatoms. The van der Waals surface area contributed by atoms with Crippen LogP contribution in [0.2, 0.25) is 0 Å². The first kappa shape index (κ1) is 22.6. The molecule has 1 saturated heterocycles. The molecule has 0 aliphatic carbocycles. The van der Waals surface area contributed by atoms with Crippen LogP contribution in [0.5, 0.6) is 11.5 Å². The van der Waals surface area contributed by atoms with Crippen molar-refractivity contribution in [3.8, 4) is 11.5 Å². The Hall–Kier alpha value is -3.64. The summed E-state index contributed by atoms with van der Waals surface area (Å²) in [5.41, 5.74) is 3.27. The molecule has 4 unspecified atom stereocenters. The molecule has 2 N–H and O–H groups in total. The summed E-state index contributed by atoms with van der Waals surface area (Å²) in [6, 6.07) is 20.7. The predicted octanol–water partition coefficient (Wildman–Crippen LogP) is 4.39. The van der Waals surface area contributed by atoms with Gasteiger partial charge in [-0.3, -0.25) is 14.9 Å². The number of carbonyl (C=O) groups excluding carboxylic acids is 1. The number of carboxylic acid groups (broad SMARTS) is 1. The number of ketones is 1. The maximum absolute atomic E-state index is 13.9. The standard InChI is InChI=1S/C27H27NO5/c1-16-4-6-18(7-5-16)24-23(26(29)19-10-14-21(33-3)15-11-19)22(25(28-24)27(30)31)17-8-12-20(32-2)13-9-17/h4-15,22-25,28H,1-3H3,(H,30,31). The smallest absolute Gasteiger partial charge is 0.321 e. The number of hydrogen-bond acceptors (Lipinski definition) is 5. The van der Waals surface area contributed by atoms with E-state index in [9.17, 15) is 14.7 Å². The Morgan fingerprint density at radius 3 is 1.82 bits per heavy atom. The summed E-state index contributed by atoms with van der Waals surface area (Å²) in [6.45, 7) is 1.99. The zero-order chi connectivity index (χ0) is 23.5. The Labute approximate surface area is 193 Å². The van der Waals surface area contributed by atoms with E-state index >= 15 is 0 Å². The minimum atomic E-state index is -0.988. The highest BCUT2D eigenvalue weighted by atomic mass is 16.5. The van der Waals surface area contributed by atoms with Crippen LogP contribution in [-0.2, 0) is 4.79 Å². The Balaban J connectivity index is 1.82. The number of carboxylic acids is 1. The number of hydrogen-bond donors (Lipinski definition) is 2. The molecule has 3 aromatic rings. The van der Waals surface area contributed by atoms with Crippen molar-refractivity contribution < 1.29 is 24.2 Å². The van der Waals surface area contributed by atoms with Gasteiger partial charge in [-0.15, -0.1) is 0 Å². The molecule has 33 heavy (non-hydrogen) atoms. The van der Waals surface area contributed by atoms with Gasteiger partial charge < -0.3 is 14.6 Å². The fraction of sp³-hybridized carbons (Fsp3) is 0.259. The first-order valence-corrected chi connectivity index (χ1v) is 10.8. The lowest BCUT2D eigenvalue weighted by Gasteiger charge is -2.25. The molecule has 170 valence electrons. The van der Waals surface area contributed by atoms with Gasteiger partial charge in [-0.25, -0.2) is 0 Å². The lowest BCUT2D eigenvalue weighted by molar-refractivity contribution is -0.139. The average Bonchev–Trinajstić information content (AvgIpc) is 3.25. The lowest BCUT2D eigenvalue weighted by atomic mass is 9.76. The zero-order valence-corrected chi connectivity index (χ0v) is 18.8. The highest BCUT2D eigenvalue weighted by Crippen LogP contribution is 2.45. The molecule has 0 radical (unpaired) electrons. The summed E-state index contributed by atoms with van der Waals surface area (Å²) in [7, 11) is 3.15. The van der Waals surface area contributed by atoms with E-state index in [0.717, 1.165) is 16.7 Å². The second kappa shape index (κ2) is 9.46. The van der Waals surface area contributed by atoms with Crippen LogP contribution in [0.1, 0.15) is 39.0 Å². The van der Waals surface area contributed by atoms with E-state index < -0.39 is 29.9 Å². The summed E-state index contributed by atoms with van der Waals surface area (Å²) >= 11 is 0. The number of aliphatic carboxylic acids is 1. The van der Waals surface area contributed by atoms with Crippen molar-refractivity contribution in [2.45, 2.75) is 24.9 Å². The van der Waals surface area contributed by atoms with E-state index in [1.165, 1.54) is 0 Å². The molecule has 0 amide bonds. The van der Waals surface area contributed by atoms with Crippen molar-refractivity contribution >= 4 is 11.8 Å². The van der Waals surface area contributed by atoms with Gasteiger partial charge in [0.25, 0.3) is 0 Å². The van der Waals surface area contributed by atoms with Crippen LogP contribution >= 0.6 is 0 Å². The summed E-state index contributed by atoms with van der Waals surface area (Å²) in [4.78, 5) is 26.2. The summed E-state index contributed by atoms with van der Waals surface area (Å²) in [5, 5.41) is 13.3. The van der Waals surface area contributed by atoms with Crippen molar-refractivity contribution in [1.29, 1.82) is 0 Å². The Morgan fingerprint density at radius 1 is 0.788 bits per heavy atom. The van der Waals surface area contributed by atoms with E-state index in [0.29, 0.717) is 17.1 Å². The molecule has 0 aromatic heterocycles. The maximum atomic E-state index is 13.9. The Bertz CT molecular complexity index is 1120. The first-order chi connectivity index (χ1) is 15.9. The SMILES string of the molecule is COc1ccc(C(=O)C2C(c3ccc(C)cc3)NC(C(=O)O)C2c2ccc(OC)cc2)cc1. The summed E-state index contributed by atoms with van der Waals surface area (Å²) in [5.74, 6) is -0.950.